The van der Waals surface area contributed by atoms with E-state index >= 15 is 0 Å². The smallest absolute Gasteiger partial charge is 0.109 e. The Kier molecular flexibility index (Phi) is 12.9. The van der Waals surface area contributed by atoms with Crippen LogP contribution in [0.15, 0.2) is 48.6 Å². The average Bonchev–Trinajstić information content (AvgIpc) is 3.30. The molecule has 0 unspecified atom stereocenters. The predicted octanol–water partition coefficient (Wildman–Crippen LogP) is 1.71. The van der Waals surface area contributed by atoms with Gasteiger partial charge in [0.1, 0.15) is 0 Å². The molecule has 0 fully saturated rings. The van der Waals surface area contributed by atoms with Crippen LogP contribution in [0.3, 0.4) is 0 Å². The Morgan fingerprint density at radius 1 is 0.906 bits per heavy atom. The van der Waals surface area contributed by atoms with Crippen molar-refractivity contribution in [3.05, 3.63) is 83.0 Å². The molecule has 2 aliphatic rings. The number of hydrogen-bond acceptors (Lipinski definition) is 0. The van der Waals surface area contributed by atoms with Crippen LogP contribution in [0, 0.1) is 12.1 Å². The van der Waals surface area contributed by atoms with E-state index in [0.717, 1.165) is 12.8 Å². The van der Waals surface area contributed by atoms with Gasteiger partial charge in [0.05, 0.1) is 0 Å². The number of halogens is 2. The third-order valence-electron chi connectivity index (χ3n) is 4.98. The molecule has 0 aromatic heterocycles. The van der Waals surface area contributed by atoms with Crippen molar-refractivity contribution in [3.8, 4) is 11.1 Å². The summed E-state index contributed by atoms with van der Waals surface area (Å²) >= 11 is 1.55. The van der Waals surface area contributed by atoms with Gasteiger partial charge in [-0.1, -0.05) is 82.3 Å². The molecule has 2 aromatic rings. The monoisotopic (exact) mass is 544 g/mol. The van der Waals surface area contributed by atoms with Crippen LogP contribution < -0.4 is 24.8 Å². The fourth-order valence-electron chi connectivity index (χ4n) is 3.62. The van der Waals surface area contributed by atoms with E-state index in [2.05, 4.69) is 104 Å². The minimum atomic E-state index is 0. The molecule has 0 spiro atoms. The van der Waals surface area contributed by atoms with E-state index in [4.69, 9.17) is 0 Å². The zero-order valence-corrected chi connectivity index (χ0v) is 24.8. The minimum absolute atomic E-state index is 0. The molecule has 0 bridgehead atoms. The summed E-state index contributed by atoms with van der Waals surface area (Å²) in [6.07, 6.45) is 11.0. The normalized spacial score (nSPS) is 12.8. The van der Waals surface area contributed by atoms with Crippen LogP contribution in [0.2, 0.25) is 0 Å². The maximum atomic E-state index is 3.79. The Bertz CT molecular complexity index is 940. The molecule has 0 nitrogen and oxygen atoms in total. The van der Waals surface area contributed by atoms with Gasteiger partial charge in [0.15, 0.2) is 0 Å². The Hall–Kier alpha value is -0.747. The third-order valence-corrected chi connectivity index (χ3v) is 4.98. The van der Waals surface area contributed by atoms with Gasteiger partial charge in [-0.05, 0) is 11.8 Å². The maximum Gasteiger partial charge on any atom is -0.109 e. The van der Waals surface area contributed by atoms with Crippen molar-refractivity contribution in [1.82, 2.24) is 0 Å². The van der Waals surface area contributed by atoms with Gasteiger partial charge in [0, 0.05) is 0 Å². The van der Waals surface area contributed by atoms with Gasteiger partial charge in [-0.25, -0.2) is 12.2 Å². The van der Waals surface area contributed by atoms with Crippen LogP contribution in [-0.2, 0) is 41.5 Å². The van der Waals surface area contributed by atoms with Crippen molar-refractivity contribution in [1.29, 1.82) is 0 Å². The summed E-state index contributed by atoms with van der Waals surface area (Å²) in [6, 6.07) is 15.0. The van der Waals surface area contributed by atoms with Crippen molar-refractivity contribution < 1.29 is 49.0 Å². The molecule has 3 heteroatoms. The van der Waals surface area contributed by atoms with Gasteiger partial charge >= 0.3 is 41.3 Å². The van der Waals surface area contributed by atoms with Crippen LogP contribution in [0.5, 0.6) is 0 Å². The van der Waals surface area contributed by atoms with Crippen LogP contribution in [0.25, 0.3) is 11.1 Å². The van der Waals surface area contributed by atoms with Crippen molar-refractivity contribution in [2.75, 3.05) is 0 Å². The molecule has 0 amide bonds. The third kappa shape index (κ3) is 8.89. The molecule has 0 saturated heterocycles. The molecule has 32 heavy (non-hydrogen) atoms. The zero-order chi connectivity index (χ0) is 22.5. The molecule has 0 N–H and O–H groups in total. The summed E-state index contributed by atoms with van der Waals surface area (Å²) in [6.45, 7) is 18.0. The Morgan fingerprint density at radius 3 is 1.94 bits per heavy atom. The largest absolute Gasteiger partial charge is 1.00 e. The molecule has 0 atom stereocenters. The fourth-order valence-corrected chi connectivity index (χ4v) is 3.62. The Morgan fingerprint density at radius 2 is 1.50 bits per heavy atom. The fraction of sp³-hybridized carbons (Fsp3) is 0.414. The number of rotatable bonds is 0. The van der Waals surface area contributed by atoms with Gasteiger partial charge in [-0.3, -0.25) is 6.08 Å². The molecule has 172 valence electrons. The first-order valence-electron chi connectivity index (χ1n) is 10.8. The summed E-state index contributed by atoms with van der Waals surface area (Å²) in [4.78, 5) is 0. The topological polar surface area (TPSA) is 0 Å². The SMILES string of the molecule is CC(C)(C)c1[c-]c2c(cc1C(C)(C)C)-c1ccccc1C2.C[C](C)=[Zr+2].[C-]1=CC=CC1.[Cl-].[Cl-]. The average molecular weight is 547 g/mol. The summed E-state index contributed by atoms with van der Waals surface area (Å²) in [5.74, 6) is 0. The molecule has 0 radical (unpaired) electrons. The van der Waals surface area contributed by atoms with Crippen molar-refractivity contribution in [2.45, 2.75) is 79.1 Å². The summed E-state index contributed by atoms with van der Waals surface area (Å²) < 4.78 is 1.51. The van der Waals surface area contributed by atoms with E-state index in [1.54, 1.807) is 24.2 Å². The van der Waals surface area contributed by atoms with Gasteiger partial charge < -0.3 is 24.8 Å². The van der Waals surface area contributed by atoms with Crippen LogP contribution in [0.4, 0.5) is 0 Å². The Balaban J connectivity index is 0.000000739. The van der Waals surface area contributed by atoms with Gasteiger partial charge in [0.2, 0.25) is 0 Å². The molecular weight excluding hydrogens is 510 g/mol. The number of benzene rings is 2. The summed E-state index contributed by atoms with van der Waals surface area (Å²) in [5.41, 5.74) is 8.69. The molecule has 4 rings (SSSR count). The standard InChI is InChI=1S/C21H25.C5H5.C3H6.2ClH.Zr/c1-20(2,3)18-12-15-11-14-9-7-8-10-16(14)17(15)13-19(18)21(4,5)6;1-2-4-5-3-1;1-3-2;;;/h7-10,13H,11H2,1-6H3;1-3H,4H2;1-2H3;2*1H;/q2*-1;;;;+2/p-2. The van der Waals surface area contributed by atoms with E-state index in [1.807, 2.05) is 12.2 Å². The molecule has 0 aliphatic heterocycles. The molecule has 0 saturated carbocycles. The van der Waals surface area contributed by atoms with Crippen molar-refractivity contribution in [2.24, 2.45) is 0 Å². The van der Waals surface area contributed by atoms with E-state index < -0.39 is 0 Å². The van der Waals surface area contributed by atoms with Gasteiger partial charge in [-0.15, -0.1) is 23.1 Å². The first-order chi connectivity index (χ1) is 13.9. The van der Waals surface area contributed by atoms with E-state index in [1.165, 1.54) is 36.6 Å². The molecular formula is C29H36Cl2Zr-2. The molecule has 0 heterocycles. The van der Waals surface area contributed by atoms with E-state index in [0.29, 0.717) is 0 Å². The van der Waals surface area contributed by atoms with Crippen LogP contribution in [0.1, 0.15) is 84.1 Å². The predicted molar refractivity (Wildman–Crippen MR) is 129 cm³/mol. The zero-order valence-electron chi connectivity index (χ0n) is 20.8. The first-order valence-corrected chi connectivity index (χ1v) is 12.1. The van der Waals surface area contributed by atoms with Crippen molar-refractivity contribution >= 4 is 3.21 Å². The van der Waals surface area contributed by atoms with E-state index in [9.17, 15) is 0 Å². The van der Waals surface area contributed by atoms with Crippen molar-refractivity contribution in [3.63, 3.8) is 0 Å². The number of hydrogen-bond donors (Lipinski definition) is 0. The van der Waals surface area contributed by atoms with Crippen LogP contribution in [-0.4, -0.2) is 3.21 Å². The summed E-state index contributed by atoms with van der Waals surface area (Å²) in [7, 11) is 0. The number of allylic oxidation sites excluding steroid dienone is 4. The second kappa shape index (κ2) is 13.2. The Labute approximate surface area is 224 Å². The summed E-state index contributed by atoms with van der Waals surface area (Å²) in [5, 5.41) is 0. The first kappa shape index (κ1) is 31.3. The van der Waals surface area contributed by atoms with Gasteiger partial charge in [-0.2, -0.15) is 23.8 Å². The molecule has 2 aromatic carbocycles. The molecule has 2 aliphatic carbocycles. The second-order valence-electron chi connectivity index (χ2n) is 10.3. The minimum Gasteiger partial charge on any atom is -1.00 e. The van der Waals surface area contributed by atoms with Crippen LogP contribution >= 0.6 is 0 Å². The maximum absolute atomic E-state index is 3.79. The quantitative estimate of drug-likeness (QED) is 0.377. The van der Waals surface area contributed by atoms with E-state index in [-0.39, 0.29) is 35.6 Å². The number of fused-ring (bicyclic) bond motifs is 3. The van der Waals surface area contributed by atoms with Gasteiger partial charge in [0.25, 0.3) is 0 Å². The second-order valence-corrected chi connectivity index (χ2v) is 12.7.